The van der Waals surface area contributed by atoms with E-state index in [1.165, 1.54) is 5.56 Å². The lowest BCUT2D eigenvalue weighted by molar-refractivity contribution is -0.151. The third kappa shape index (κ3) is 4.38. The Morgan fingerprint density at radius 3 is 2.76 bits per heavy atom. The zero-order chi connectivity index (χ0) is 17.6. The average Bonchev–Trinajstić information content (AvgIpc) is 2.68. The molecule has 2 aliphatic heterocycles. The van der Waals surface area contributed by atoms with Crippen molar-refractivity contribution in [3.8, 4) is 0 Å². The molecule has 0 spiro atoms. The van der Waals surface area contributed by atoms with Gasteiger partial charge in [-0.25, -0.2) is 0 Å². The van der Waals surface area contributed by atoms with E-state index in [1.807, 2.05) is 18.2 Å². The van der Waals surface area contributed by atoms with Gasteiger partial charge in [0.15, 0.2) is 6.10 Å². The van der Waals surface area contributed by atoms with Crippen molar-refractivity contribution in [1.82, 2.24) is 15.1 Å². The summed E-state index contributed by atoms with van der Waals surface area (Å²) >= 11 is 0. The summed E-state index contributed by atoms with van der Waals surface area (Å²) < 4.78 is 5.50. The van der Waals surface area contributed by atoms with Crippen molar-refractivity contribution in [2.75, 3.05) is 33.3 Å². The molecule has 2 fully saturated rings. The molecule has 0 bridgehead atoms. The molecule has 0 aromatic heterocycles. The average molecular weight is 345 g/mol. The normalized spacial score (nSPS) is 24.8. The smallest absolute Gasteiger partial charge is 0.250 e. The molecule has 0 radical (unpaired) electrons. The number of piperidine rings is 1. The van der Waals surface area contributed by atoms with Crippen LogP contribution < -0.4 is 5.32 Å². The number of carbonyl (C=O) groups excluding carboxylic acids is 2. The van der Waals surface area contributed by atoms with Crippen molar-refractivity contribution >= 4 is 11.8 Å². The molecule has 1 aromatic rings. The fraction of sp³-hybridized carbons (Fsp3) is 0.579. The zero-order valence-corrected chi connectivity index (χ0v) is 14.8. The lowest BCUT2D eigenvalue weighted by Crippen LogP contribution is -2.56. The number of nitrogens with zero attached hydrogens (tertiary/aromatic N) is 2. The first-order chi connectivity index (χ1) is 12.2. The van der Waals surface area contributed by atoms with Crippen molar-refractivity contribution < 1.29 is 14.3 Å². The molecule has 2 amide bonds. The van der Waals surface area contributed by atoms with Gasteiger partial charge in [-0.3, -0.25) is 14.5 Å². The van der Waals surface area contributed by atoms with Crippen LogP contribution >= 0.6 is 0 Å². The number of nitrogens with one attached hydrogen (secondary N) is 1. The predicted octanol–water partition coefficient (Wildman–Crippen LogP) is 1.01. The minimum atomic E-state index is -0.561. The van der Waals surface area contributed by atoms with Gasteiger partial charge in [0.05, 0.1) is 19.2 Å². The molecule has 1 aromatic carbocycles. The van der Waals surface area contributed by atoms with Crippen LogP contribution in [0.15, 0.2) is 30.3 Å². The highest BCUT2D eigenvalue weighted by Crippen LogP contribution is 2.22. The van der Waals surface area contributed by atoms with Crippen molar-refractivity contribution in [1.29, 1.82) is 0 Å². The summed E-state index contributed by atoms with van der Waals surface area (Å²) in [4.78, 5) is 29.0. The molecular weight excluding hydrogens is 318 g/mol. The second kappa shape index (κ2) is 8.45. The largest absolute Gasteiger partial charge is 0.365 e. The third-order valence-electron chi connectivity index (χ3n) is 5.04. The Balaban J connectivity index is 1.67. The molecule has 2 atom stereocenters. The van der Waals surface area contributed by atoms with Crippen LogP contribution in [0.2, 0.25) is 0 Å². The van der Waals surface area contributed by atoms with E-state index in [0.717, 1.165) is 32.4 Å². The highest BCUT2D eigenvalue weighted by atomic mass is 16.5. The van der Waals surface area contributed by atoms with Crippen LogP contribution in [0.25, 0.3) is 0 Å². The van der Waals surface area contributed by atoms with Crippen LogP contribution in [0.4, 0.5) is 0 Å². The third-order valence-corrected chi connectivity index (χ3v) is 5.04. The van der Waals surface area contributed by atoms with Gasteiger partial charge in [0.1, 0.15) is 0 Å². The van der Waals surface area contributed by atoms with Gasteiger partial charge in [0.2, 0.25) is 5.91 Å². The maximum Gasteiger partial charge on any atom is 0.250 e. The Labute approximate surface area is 149 Å². The molecule has 3 rings (SSSR count). The topological polar surface area (TPSA) is 61.9 Å². The van der Waals surface area contributed by atoms with Crippen molar-refractivity contribution in [2.24, 2.45) is 0 Å². The number of likely N-dealkylation sites (tertiary alicyclic amines) is 1. The first-order valence-corrected chi connectivity index (χ1v) is 9.09. The van der Waals surface area contributed by atoms with E-state index in [2.05, 4.69) is 22.3 Å². The van der Waals surface area contributed by atoms with Crippen molar-refractivity contribution in [3.63, 3.8) is 0 Å². The fourth-order valence-corrected chi connectivity index (χ4v) is 3.66. The van der Waals surface area contributed by atoms with E-state index in [0.29, 0.717) is 19.7 Å². The SMILES string of the molecule is CNC(=O)C1CN(C(=O)C2CCCCN2Cc2ccccc2)CCO1. The monoisotopic (exact) mass is 345 g/mol. The number of benzene rings is 1. The molecule has 2 unspecified atom stereocenters. The highest BCUT2D eigenvalue weighted by molar-refractivity contribution is 5.85. The van der Waals surface area contributed by atoms with Crippen LogP contribution in [-0.4, -0.2) is 67.0 Å². The summed E-state index contributed by atoms with van der Waals surface area (Å²) in [5, 5.41) is 2.60. The van der Waals surface area contributed by atoms with E-state index < -0.39 is 6.10 Å². The first-order valence-electron chi connectivity index (χ1n) is 9.09. The van der Waals surface area contributed by atoms with Gasteiger partial charge < -0.3 is 15.0 Å². The number of hydrogen-bond acceptors (Lipinski definition) is 4. The van der Waals surface area contributed by atoms with Crippen LogP contribution in [0.3, 0.4) is 0 Å². The molecule has 1 N–H and O–H groups in total. The summed E-state index contributed by atoms with van der Waals surface area (Å²) in [6, 6.07) is 10.2. The number of morpholine rings is 1. The Kier molecular flexibility index (Phi) is 6.04. The number of rotatable bonds is 4. The standard InChI is InChI=1S/C19H27N3O3/c1-20-18(23)17-14-22(11-12-25-17)19(24)16-9-5-6-10-21(16)13-15-7-3-2-4-8-15/h2-4,7-8,16-17H,5-6,9-14H2,1H3,(H,20,23). The summed E-state index contributed by atoms with van der Waals surface area (Å²) in [5.74, 6) is -0.0323. The molecule has 136 valence electrons. The second-order valence-electron chi connectivity index (χ2n) is 6.73. The van der Waals surface area contributed by atoms with Gasteiger partial charge in [-0.1, -0.05) is 36.8 Å². The van der Waals surface area contributed by atoms with Crippen molar-refractivity contribution in [2.45, 2.75) is 38.0 Å². The van der Waals surface area contributed by atoms with Gasteiger partial charge in [-0.2, -0.15) is 0 Å². The number of carbonyl (C=O) groups is 2. The van der Waals surface area contributed by atoms with E-state index in [-0.39, 0.29) is 17.9 Å². The Morgan fingerprint density at radius 2 is 2.00 bits per heavy atom. The second-order valence-corrected chi connectivity index (χ2v) is 6.73. The van der Waals surface area contributed by atoms with Gasteiger partial charge in [-0.05, 0) is 24.9 Å². The Bertz CT molecular complexity index is 593. The van der Waals surface area contributed by atoms with E-state index in [4.69, 9.17) is 4.74 Å². The Morgan fingerprint density at radius 1 is 1.20 bits per heavy atom. The molecule has 0 aliphatic carbocycles. The summed E-state index contributed by atoms with van der Waals surface area (Å²) in [6.45, 7) is 3.04. The number of amides is 2. The van der Waals surface area contributed by atoms with Crippen molar-refractivity contribution in [3.05, 3.63) is 35.9 Å². The minimum absolute atomic E-state index is 0.0996. The minimum Gasteiger partial charge on any atom is -0.365 e. The summed E-state index contributed by atoms with van der Waals surface area (Å²) in [6.07, 6.45) is 2.52. The van der Waals surface area contributed by atoms with E-state index in [1.54, 1.807) is 11.9 Å². The van der Waals surface area contributed by atoms with Crippen LogP contribution in [0.5, 0.6) is 0 Å². The maximum atomic E-state index is 13.1. The van der Waals surface area contributed by atoms with Gasteiger partial charge in [0, 0.05) is 20.1 Å². The lowest BCUT2D eigenvalue weighted by atomic mass is 9.99. The molecule has 2 saturated heterocycles. The fourth-order valence-electron chi connectivity index (χ4n) is 3.66. The van der Waals surface area contributed by atoms with Gasteiger partial charge in [0.25, 0.3) is 5.91 Å². The highest BCUT2D eigenvalue weighted by Gasteiger charge is 2.35. The first kappa shape index (κ1) is 17.9. The molecule has 0 saturated carbocycles. The number of ether oxygens (including phenoxy) is 1. The Hall–Kier alpha value is -1.92. The zero-order valence-electron chi connectivity index (χ0n) is 14.8. The predicted molar refractivity (Wildman–Crippen MR) is 94.9 cm³/mol. The molecule has 2 heterocycles. The van der Waals surface area contributed by atoms with E-state index >= 15 is 0 Å². The summed E-state index contributed by atoms with van der Waals surface area (Å²) in [7, 11) is 1.59. The van der Waals surface area contributed by atoms with Gasteiger partial charge >= 0.3 is 0 Å². The number of likely N-dealkylation sites (N-methyl/N-ethyl adjacent to an activating group) is 1. The molecule has 2 aliphatic rings. The molecule has 25 heavy (non-hydrogen) atoms. The quantitative estimate of drug-likeness (QED) is 0.885. The van der Waals surface area contributed by atoms with Gasteiger partial charge in [-0.15, -0.1) is 0 Å². The molecule has 6 nitrogen and oxygen atoms in total. The van der Waals surface area contributed by atoms with Crippen LogP contribution in [-0.2, 0) is 20.9 Å². The summed E-state index contributed by atoms with van der Waals surface area (Å²) in [5.41, 5.74) is 1.23. The molecule has 6 heteroatoms. The van der Waals surface area contributed by atoms with Crippen LogP contribution in [0, 0.1) is 0 Å². The number of hydrogen-bond donors (Lipinski definition) is 1. The molecular formula is C19H27N3O3. The van der Waals surface area contributed by atoms with E-state index in [9.17, 15) is 9.59 Å². The van der Waals surface area contributed by atoms with Crippen LogP contribution in [0.1, 0.15) is 24.8 Å². The maximum absolute atomic E-state index is 13.1. The lowest BCUT2D eigenvalue weighted by Gasteiger charge is -2.40.